The van der Waals surface area contributed by atoms with Crippen LogP contribution in [0.4, 0.5) is 31.4 Å². The molecule has 174 valence electrons. The molecule has 0 aliphatic carbocycles. The van der Waals surface area contributed by atoms with E-state index < -0.39 is 18.5 Å². The summed E-state index contributed by atoms with van der Waals surface area (Å²) < 4.78 is 12.7. The summed E-state index contributed by atoms with van der Waals surface area (Å²) in [4.78, 5) is 29.7. The fourth-order valence-corrected chi connectivity index (χ4v) is 1.90. The van der Waals surface area contributed by atoms with E-state index in [1.807, 2.05) is 0 Å². The van der Waals surface area contributed by atoms with Gasteiger partial charge in [-0.3, -0.25) is 0 Å². The van der Waals surface area contributed by atoms with Crippen LogP contribution >= 0.6 is 0 Å². The number of rotatable bonds is 3. The van der Waals surface area contributed by atoms with E-state index in [-0.39, 0.29) is 43.1 Å². The molecule has 0 saturated heterocycles. The van der Waals surface area contributed by atoms with Gasteiger partial charge in [0.05, 0.1) is 17.2 Å². The fraction of sp³-hybridized carbons (Fsp3) is 0. The maximum atomic E-state index is 9.89. The Morgan fingerprint density at radius 3 is 0.794 bits per heavy atom. The van der Waals surface area contributed by atoms with Crippen molar-refractivity contribution >= 4 is 61.4 Å². The molecule has 6 N–H and O–H groups in total. The third-order valence-corrected chi connectivity index (χ3v) is 3.24. The Hall–Kier alpha value is -4.26. The van der Waals surface area contributed by atoms with Crippen molar-refractivity contribution in [2.75, 3.05) is 17.2 Å². The summed E-state index contributed by atoms with van der Waals surface area (Å²) in [7, 11) is 0. The molecule has 0 radical (unpaired) electrons. The fourth-order valence-electron chi connectivity index (χ4n) is 1.90. The summed E-state index contributed by atoms with van der Waals surface area (Å²) in [5.74, 6) is 0.623. The van der Waals surface area contributed by atoms with Crippen LogP contribution in [0.25, 0.3) is 0 Å². The zero-order valence-corrected chi connectivity index (χ0v) is 20.7. The van der Waals surface area contributed by atoms with E-state index in [1.165, 1.54) is 72.8 Å². The molecule has 13 heteroatoms. The molecule has 0 aliphatic rings. The molecule has 12 nitrogen and oxygen atoms in total. The van der Waals surface area contributed by atoms with Crippen molar-refractivity contribution in [3.05, 3.63) is 72.8 Å². The van der Waals surface area contributed by atoms with Crippen LogP contribution in [-0.2, 0) is 0 Å². The second-order valence-electron chi connectivity index (χ2n) is 5.76. The Kier molecular flexibility index (Phi) is 13.6. The van der Waals surface area contributed by atoms with E-state index in [9.17, 15) is 29.7 Å². The minimum absolute atomic E-state index is 0. The van der Waals surface area contributed by atoms with Crippen LogP contribution < -0.4 is 46.7 Å². The van der Waals surface area contributed by atoms with E-state index >= 15 is 0 Å². The van der Waals surface area contributed by atoms with Gasteiger partial charge >= 0.3 is 25.8 Å². The molecule has 0 fully saturated rings. The maximum absolute atomic E-state index is 9.89. The molecule has 3 aromatic rings. The molecule has 34 heavy (non-hydrogen) atoms. The van der Waals surface area contributed by atoms with Gasteiger partial charge in [-0.05, 0) is 72.8 Å². The number of hydrogen-bond acceptors (Lipinski definition) is 12. The predicted octanol–water partition coefficient (Wildman–Crippen LogP) is -0.408. The van der Waals surface area contributed by atoms with Crippen molar-refractivity contribution in [2.24, 2.45) is 0 Å². The topological polar surface area (TPSA) is 226 Å². The van der Waals surface area contributed by atoms with Gasteiger partial charge in [-0.15, -0.1) is 0 Å². The van der Waals surface area contributed by atoms with Crippen LogP contribution in [0.1, 0.15) is 0 Å². The smallest absolute Gasteiger partial charge is 0.514 e. The van der Waals surface area contributed by atoms with Crippen LogP contribution in [0.2, 0.25) is 0 Å². The van der Waals surface area contributed by atoms with Gasteiger partial charge in [0.2, 0.25) is 0 Å². The molecule has 0 aromatic heterocycles. The first-order chi connectivity index (χ1) is 15.5. The molecule has 3 aromatic carbocycles. The van der Waals surface area contributed by atoms with Gasteiger partial charge in [0, 0.05) is 17.1 Å². The van der Waals surface area contributed by atoms with Crippen molar-refractivity contribution in [1.29, 1.82) is 0 Å². The van der Waals surface area contributed by atoms with Gasteiger partial charge in [0.1, 0.15) is 0 Å². The van der Waals surface area contributed by atoms with Crippen molar-refractivity contribution < 1.29 is 43.9 Å². The summed E-state index contributed by atoms with van der Waals surface area (Å²) in [5, 5.41) is 29.7. The van der Waals surface area contributed by atoms with Crippen LogP contribution in [-0.4, -0.2) is 44.3 Å². The summed E-state index contributed by atoms with van der Waals surface area (Å²) in [6, 6.07) is 17.9. The summed E-state index contributed by atoms with van der Waals surface area (Å²) in [6.45, 7) is 0. The second-order valence-corrected chi connectivity index (χ2v) is 5.76. The van der Waals surface area contributed by atoms with Crippen molar-refractivity contribution in [2.45, 2.75) is 0 Å². The Morgan fingerprint density at radius 2 is 0.647 bits per heavy atom. The van der Waals surface area contributed by atoms with Crippen LogP contribution in [0.15, 0.2) is 72.8 Å². The molecule has 3 rings (SSSR count). The first-order valence-electron chi connectivity index (χ1n) is 8.78. The quantitative estimate of drug-likeness (QED) is 0.207. The molecule has 0 bridgehead atoms. The van der Waals surface area contributed by atoms with E-state index in [2.05, 4.69) is 14.2 Å². The summed E-state index contributed by atoms with van der Waals surface area (Å²) in [5.41, 5.74) is 17.7. The molecule has 0 atom stereocenters. The van der Waals surface area contributed by atoms with Crippen molar-refractivity contribution in [3.8, 4) is 17.2 Å². The molecule has 0 saturated carbocycles. The van der Waals surface area contributed by atoms with E-state index in [0.29, 0.717) is 17.1 Å². The summed E-state index contributed by atoms with van der Waals surface area (Å²) in [6.07, 6.45) is -4.72. The molecular formula is C21H18InN3O9. The Bertz CT molecular complexity index is 908. The molecule has 0 aliphatic heterocycles. The molecule has 0 unspecified atom stereocenters. The van der Waals surface area contributed by atoms with Crippen molar-refractivity contribution in [3.63, 3.8) is 0 Å². The van der Waals surface area contributed by atoms with Crippen LogP contribution in [0.3, 0.4) is 0 Å². The average molecular weight is 571 g/mol. The Labute approximate surface area is 212 Å². The number of anilines is 3. The van der Waals surface area contributed by atoms with Gasteiger partial charge in [0.15, 0.2) is 0 Å². The average Bonchev–Trinajstić information content (AvgIpc) is 2.73. The predicted molar refractivity (Wildman–Crippen MR) is 116 cm³/mol. The minimum Gasteiger partial charge on any atom is -0.514 e. The zero-order valence-electron chi connectivity index (χ0n) is 17.4. The monoisotopic (exact) mass is 571 g/mol. The Balaban J connectivity index is 0.000000473. The molecule has 0 spiro atoms. The number of carboxylic acid groups (broad SMARTS) is 3. The van der Waals surface area contributed by atoms with Gasteiger partial charge in [-0.25, -0.2) is 0 Å². The third kappa shape index (κ3) is 13.9. The first kappa shape index (κ1) is 29.7. The second kappa shape index (κ2) is 15.5. The number of carbonyl (C=O) groups is 3. The largest absolute Gasteiger partial charge is 3.00 e. The van der Waals surface area contributed by atoms with E-state index in [4.69, 9.17) is 17.2 Å². The zero-order chi connectivity index (χ0) is 24.8. The third-order valence-electron chi connectivity index (χ3n) is 3.24. The van der Waals surface area contributed by atoms with Gasteiger partial charge in [0.25, 0.3) is 18.5 Å². The minimum atomic E-state index is -1.57. The molecule has 0 amide bonds. The number of hydrogen-bond donors (Lipinski definition) is 3. The number of carbonyl (C=O) groups excluding carboxylic acids is 3. The van der Waals surface area contributed by atoms with Crippen molar-refractivity contribution in [1.82, 2.24) is 0 Å². The summed E-state index contributed by atoms with van der Waals surface area (Å²) >= 11 is 0. The van der Waals surface area contributed by atoms with E-state index in [0.717, 1.165) is 0 Å². The molecular weight excluding hydrogens is 553 g/mol. The maximum Gasteiger partial charge on any atom is 3.00 e. The molecule has 0 heterocycles. The standard InChI is InChI=1S/3C7H7NO3.In/c3*8-5-1-3-6(4-2-5)11-7(9)10;/h3*1-4H,8H2,(H,9,10);/q;;;+3/p-3. The number of ether oxygens (including phenoxy) is 3. The Morgan fingerprint density at radius 1 is 0.471 bits per heavy atom. The number of benzene rings is 3. The van der Waals surface area contributed by atoms with Crippen LogP contribution in [0, 0.1) is 0 Å². The van der Waals surface area contributed by atoms with E-state index in [1.54, 1.807) is 0 Å². The van der Waals surface area contributed by atoms with Gasteiger partial charge in [-0.2, -0.15) is 0 Å². The van der Waals surface area contributed by atoms with Crippen LogP contribution in [0.5, 0.6) is 17.2 Å². The SMILES string of the molecule is Nc1ccc(OC(=O)[O-])cc1.Nc1ccc(OC(=O)[O-])cc1.Nc1ccc(OC(=O)[O-])cc1.[In+3]. The number of nitrogen functional groups attached to an aromatic ring is 3. The first-order valence-corrected chi connectivity index (χ1v) is 8.78. The number of nitrogens with two attached hydrogens (primary N) is 3. The van der Waals surface area contributed by atoms with Gasteiger partial charge in [-0.1, -0.05) is 0 Å². The normalized spacial score (nSPS) is 8.82. The van der Waals surface area contributed by atoms with Gasteiger partial charge < -0.3 is 61.1 Å².